The lowest BCUT2D eigenvalue weighted by molar-refractivity contribution is 0.00816. The van der Waals surface area contributed by atoms with Crippen molar-refractivity contribution in [2.45, 2.75) is 32.5 Å². The minimum Gasteiger partial charge on any atom is -0.488 e. The quantitative estimate of drug-likeness (QED) is 0.523. The Morgan fingerprint density at radius 1 is 0.793 bits per heavy atom. The molecule has 0 saturated heterocycles. The zero-order valence-corrected chi connectivity index (χ0v) is 17.0. The van der Waals surface area contributed by atoms with Crippen LogP contribution in [0.1, 0.15) is 37.0 Å². The van der Waals surface area contributed by atoms with Gasteiger partial charge in [0.05, 0.1) is 6.61 Å². The van der Waals surface area contributed by atoms with E-state index in [0.29, 0.717) is 5.75 Å². The SMILES string of the molecule is CC/C(=C(\c1ccccc1)c1ccc(OC(C)C(O)CO)cc1)c1ccccc1. The summed E-state index contributed by atoms with van der Waals surface area (Å²) in [6.45, 7) is 3.60. The van der Waals surface area contributed by atoms with Crippen LogP contribution in [0.25, 0.3) is 11.1 Å². The van der Waals surface area contributed by atoms with E-state index >= 15 is 0 Å². The number of aliphatic hydroxyl groups is 2. The fraction of sp³-hybridized carbons (Fsp3) is 0.231. The zero-order chi connectivity index (χ0) is 20.6. The van der Waals surface area contributed by atoms with Gasteiger partial charge in [0.15, 0.2) is 0 Å². The monoisotopic (exact) mass is 388 g/mol. The van der Waals surface area contributed by atoms with Crippen LogP contribution in [-0.2, 0) is 0 Å². The van der Waals surface area contributed by atoms with Crippen molar-refractivity contribution < 1.29 is 14.9 Å². The second-order valence-electron chi connectivity index (χ2n) is 7.04. The molecule has 0 aromatic heterocycles. The average Bonchev–Trinajstić information content (AvgIpc) is 2.78. The molecule has 150 valence electrons. The molecule has 3 heteroatoms. The normalized spacial score (nSPS) is 14.1. The molecule has 0 heterocycles. The highest BCUT2D eigenvalue weighted by atomic mass is 16.5. The number of hydrogen-bond donors (Lipinski definition) is 2. The Labute approximate surface area is 172 Å². The molecule has 2 unspecified atom stereocenters. The van der Waals surface area contributed by atoms with Gasteiger partial charge >= 0.3 is 0 Å². The van der Waals surface area contributed by atoms with Gasteiger partial charge in [-0.25, -0.2) is 0 Å². The Bertz CT molecular complexity index is 915. The van der Waals surface area contributed by atoms with E-state index in [0.717, 1.165) is 12.0 Å². The first-order chi connectivity index (χ1) is 14.1. The average molecular weight is 389 g/mol. The number of allylic oxidation sites excluding steroid dienone is 1. The zero-order valence-electron chi connectivity index (χ0n) is 17.0. The summed E-state index contributed by atoms with van der Waals surface area (Å²) in [6, 6.07) is 28.8. The minimum absolute atomic E-state index is 0.322. The van der Waals surface area contributed by atoms with Crippen molar-refractivity contribution in [3.63, 3.8) is 0 Å². The van der Waals surface area contributed by atoms with Gasteiger partial charge < -0.3 is 14.9 Å². The predicted molar refractivity (Wildman–Crippen MR) is 119 cm³/mol. The molecule has 0 spiro atoms. The van der Waals surface area contributed by atoms with Crippen LogP contribution in [0.3, 0.4) is 0 Å². The summed E-state index contributed by atoms with van der Waals surface area (Å²) in [5.41, 5.74) is 5.99. The third-order valence-electron chi connectivity index (χ3n) is 5.03. The summed E-state index contributed by atoms with van der Waals surface area (Å²) in [7, 11) is 0. The van der Waals surface area contributed by atoms with Gasteiger partial charge in [-0.1, -0.05) is 79.7 Å². The van der Waals surface area contributed by atoms with E-state index in [9.17, 15) is 5.11 Å². The van der Waals surface area contributed by atoms with Crippen LogP contribution in [0.2, 0.25) is 0 Å². The number of rotatable bonds is 8. The van der Waals surface area contributed by atoms with E-state index < -0.39 is 12.2 Å². The molecular weight excluding hydrogens is 360 g/mol. The van der Waals surface area contributed by atoms with Gasteiger partial charge in [-0.3, -0.25) is 0 Å². The Balaban J connectivity index is 2.03. The maximum absolute atomic E-state index is 9.73. The van der Waals surface area contributed by atoms with Crippen LogP contribution >= 0.6 is 0 Å². The molecule has 3 nitrogen and oxygen atoms in total. The predicted octanol–water partition coefficient (Wildman–Crippen LogP) is 5.18. The van der Waals surface area contributed by atoms with Crippen LogP contribution in [0.5, 0.6) is 5.75 Å². The van der Waals surface area contributed by atoms with Crippen molar-refractivity contribution in [1.82, 2.24) is 0 Å². The van der Waals surface area contributed by atoms with E-state index in [1.807, 2.05) is 36.4 Å². The van der Waals surface area contributed by atoms with Gasteiger partial charge in [0.2, 0.25) is 0 Å². The molecule has 2 N–H and O–H groups in total. The summed E-state index contributed by atoms with van der Waals surface area (Å²) < 4.78 is 5.75. The van der Waals surface area contributed by atoms with Gasteiger partial charge in [-0.15, -0.1) is 0 Å². The smallest absolute Gasteiger partial charge is 0.124 e. The second-order valence-corrected chi connectivity index (χ2v) is 7.04. The molecule has 0 fully saturated rings. The molecule has 0 aliphatic heterocycles. The third kappa shape index (κ3) is 5.14. The van der Waals surface area contributed by atoms with Crippen molar-refractivity contribution in [3.05, 3.63) is 102 Å². The molecule has 0 saturated carbocycles. The lowest BCUT2D eigenvalue weighted by atomic mass is 9.88. The van der Waals surface area contributed by atoms with Gasteiger partial charge in [0.1, 0.15) is 18.0 Å². The molecule has 0 aliphatic rings. The highest BCUT2D eigenvalue weighted by Gasteiger charge is 2.16. The van der Waals surface area contributed by atoms with E-state index in [1.54, 1.807) is 6.92 Å². The highest BCUT2D eigenvalue weighted by Crippen LogP contribution is 2.35. The summed E-state index contributed by atoms with van der Waals surface area (Å²) in [5, 5.41) is 18.8. The molecule has 2 atom stereocenters. The molecule has 3 rings (SSSR count). The van der Waals surface area contributed by atoms with Crippen LogP contribution in [0.4, 0.5) is 0 Å². The van der Waals surface area contributed by atoms with Crippen molar-refractivity contribution >= 4 is 11.1 Å². The molecule has 3 aromatic rings. The Kier molecular flexibility index (Phi) is 7.23. The maximum Gasteiger partial charge on any atom is 0.124 e. The lowest BCUT2D eigenvalue weighted by Crippen LogP contribution is -2.31. The molecule has 3 aromatic carbocycles. The summed E-state index contributed by atoms with van der Waals surface area (Å²) in [6.07, 6.45) is -0.476. The standard InChI is InChI=1S/C26H28O3/c1-3-24(20-10-6-4-7-11-20)26(21-12-8-5-9-13-21)22-14-16-23(17-15-22)29-19(2)25(28)18-27/h4-17,19,25,27-28H,3,18H2,1-2H3/b26-24-. The number of ether oxygens (including phenoxy) is 1. The van der Waals surface area contributed by atoms with Gasteiger partial charge in [-0.2, -0.15) is 0 Å². The van der Waals surface area contributed by atoms with Gasteiger partial charge in [0, 0.05) is 0 Å². The van der Waals surface area contributed by atoms with Crippen molar-refractivity contribution in [1.29, 1.82) is 0 Å². The molecule has 0 bridgehead atoms. The van der Waals surface area contributed by atoms with Gasteiger partial charge in [0.25, 0.3) is 0 Å². The third-order valence-corrected chi connectivity index (χ3v) is 5.03. The molecular formula is C26H28O3. The molecule has 0 radical (unpaired) electrons. The van der Waals surface area contributed by atoms with Crippen LogP contribution in [-0.4, -0.2) is 29.0 Å². The molecule has 29 heavy (non-hydrogen) atoms. The second kappa shape index (κ2) is 10.1. The Morgan fingerprint density at radius 2 is 1.31 bits per heavy atom. The number of hydrogen-bond acceptors (Lipinski definition) is 3. The first-order valence-corrected chi connectivity index (χ1v) is 10.0. The van der Waals surface area contributed by atoms with Gasteiger partial charge in [-0.05, 0) is 53.3 Å². The Morgan fingerprint density at radius 3 is 1.83 bits per heavy atom. The van der Waals surface area contributed by atoms with E-state index in [-0.39, 0.29) is 6.61 Å². The Hall–Kier alpha value is -2.88. The van der Waals surface area contributed by atoms with Crippen LogP contribution < -0.4 is 4.74 Å². The first kappa shape index (κ1) is 20.8. The maximum atomic E-state index is 9.73. The lowest BCUT2D eigenvalue weighted by Gasteiger charge is -2.20. The molecule has 0 aliphatic carbocycles. The van der Waals surface area contributed by atoms with Crippen LogP contribution in [0.15, 0.2) is 84.9 Å². The largest absolute Gasteiger partial charge is 0.488 e. The summed E-state index contributed by atoms with van der Waals surface area (Å²) in [5.74, 6) is 0.666. The fourth-order valence-corrected chi connectivity index (χ4v) is 3.43. The topological polar surface area (TPSA) is 49.7 Å². The number of aliphatic hydroxyl groups excluding tert-OH is 2. The summed E-state index contributed by atoms with van der Waals surface area (Å²) >= 11 is 0. The van der Waals surface area contributed by atoms with Crippen molar-refractivity contribution in [2.75, 3.05) is 6.61 Å². The van der Waals surface area contributed by atoms with E-state index in [2.05, 4.69) is 55.5 Å². The van der Waals surface area contributed by atoms with Crippen molar-refractivity contribution in [2.24, 2.45) is 0 Å². The van der Waals surface area contributed by atoms with Crippen LogP contribution in [0, 0.1) is 0 Å². The van der Waals surface area contributed by atoms with Crippen molar-refractivity contribution in [3.8, 4) is 5.75 Å². The van der Waals surface area contributed by atoms with E-state index in [4.69, 9.17) is 9.84 Å². The first-order valence-electron chi connectivity index (χ1n) is 10.0. The highest BCUT2D eigenvalue weighted by molar-refractivity contribution is 5.98. The molecule has 0 amide bonds. The fourth-order valence-electron chi connectivity index (χ4n) is 3.43. The van der Waals surface area contributed by atoms with E-state index in [1.165, 1.54) is 22.3 Å². The number of benzene rings is 3. The minimum atomic E-state index is -0.903. The summed E-state index contributed by atoms with van der Waals surface area (Å²) in [4.78, 5) is 0.